The Morgan fingerprint density at radius 2 is 2.03 bits per heavy atom. The highest BCUT2D eigenvalue weighted by Gasteiger charge is 2.53. The number of carbonyl (C=O) groups excluding carboxylic acids is 4. The second kappa shape index (κ2) is 8.02. The van der Waals surface area contributed by atoms with Gasteiger partial charge in [0.05, 0.1) is 19.2 Å². The highest BCUT2D eigenvalue weighted by atomic mass is 19.1. The van der Waals surface area contributed by atoms with E-state index in [1.54, 1.807) is 23.1 Å². The number of ether oxygens (including phenoxy) is 1. The molecule has 0 spiro atoms. The number of nitrogens with one attached hydrogen (secondary N) is 2. The van der Waals surface area contributed by atoms with Crippen LogP contribution in [-0.4, -0.2) is 53.3 Å². The highest BCUT2D eigenvalue weighted by molar-refractivity contribution is 6.08. The number of imide groups is 1. The van der Waals surface area contributed by atoms with Crippen molar-refractivity contribution in [3.63, 3.8) is 0 Å². The zero-order chi connectivity index (χ0) is 26.1. The monoisotopic (exact) mass is 507 g/mol. The number of urea groups is 1. The van der Waals surface area contributed by atoms with Gasteiger partial charge in [0, 0.05) is 25.1 Å². The zero-order valence-corrected chi connectivity index (χ0v) is 20.0. The number of rotatable bonds is 5. The van der Waals surface area contributed by atoms with Gasteiger partial charge in [-0.25, -0.2) is 14.2 Å². The lowest BCUT2D eigenvalue weighted by Crippen LogP contribution is -2.52. The van der Waals surface area contributed by atoms with E-state index in [1.165, 1.54) is 24.1 Å². The van der Waals surface area contributed by atoms with Crippen LogP contribution in [-0.2, 0) is 21.7 Å². The van der Waals surface area contributed by atoms with Crippen molar-refractivity contribution in [1.82, 2.24) is 20.5 Å². The van der Waals surface area contributed by atoms with Crippen LogP contribution in [0.5, 0.6) is 5.75 Å². The van der Waals surface area contributed by atoms with E-state index >= 15 is 0 Å². The molecule has 1 unspecified atom stereocenters. The van der Waals surface area contributed by atoms with E-state index < -0.39 is 29.2 Å². The molecule has 2 atom stereocenters. The number of anilines is 1. The quantitative estimate of drug-likeness (QED) is 0.506. The van der Waals surface area contributed by atoms with Crippen LogP contribution in [0.4, 0.5) is 15.0 Å². The molecular weight excluding hydrogens is 485 g/mol. The van der Waals surface area contributed by atoms with Gasteiger partial charge in [-0.15, -0.1) is 0 Å². The van der Waals surface area contributed by atoms with Crippen LogP contribution < -0.4 is 20.3 Å². The number of halogens is 1. The van der Waals surface area contributed by atoms with E-state index in [2.05, 4.69) is 15.6 Å². The fourth-order valence-corrected chi connectivity index (χ4v) is 5.26. The lowest BCUT2D eigenvalue weighted by Gasteiger charge is -2.28. The van der Waals surface area contributed by atoms with Crippen molar-refractivity contribution in [3.8, 4) is 5.75 Å². The Balaban J connectivity index is 1.38. The number of hydrogen-bond acceptors (Lipinski definition) is 7. The fraction of sp³-hybridized carbons (Fsp3) is 0.320. The molecule has 2 aromatic heterocycles. The van der Waals surface area contributed by atoms with Crippen molar-refractivity contribution in [2.45, 2.75) is 37.9 Å². The van der Waals surface area contributed by atoms with Gasteiger partial charge in [-0.1, -0.05) is 6.07 Å². The number of nitrogens with zero attached hydrogens (tertiary/aromatic N) is 3. The Bertz CT molecular complexity index is 1520. The summed E-state index contributed by atoms with van der Waals surface area (Å²) in [4.78, 5) is 58.3. The van der Waals surface area contributed by atoms with Gasteiger partial charge in [0.1, 0.15) is 17.1 Å². The topological polar surface area (TPSA) is 134 Å². The normalized spacial score (nSPS) is 23.2. The summed E-state index contributed by atoms with van der Waals surface area (Å²) in [5, 5.41) is 4.80. The molecule has 3 aliphatic heterocycles. The molecule has 3 aromatic rings. The van der Waals surface area contributed by atoms with Crippen LogP contribution in [0, 0.1) is 5.82 Å². The van der Waals surface area contributed by atoms with Gasteiger partial charge in [0.25, 0.3) is 11.8 Å². The van der Waals surface area contributed by atoms with E-state index in [-0.39, 0.29) is 42.1 Å². The molecule has 0 bridgehead atoms. The van der Waals surface area contributed by atoms with Crippen LogP contribution in [0.2, 0.25) is 0 Å². The third-order valence-corrected chi connectivity index (χ3v) is 7.16. The molecule has 3 aliphatic rings. The first-order chi connectivity index (χ1) is 17.7. The first-order valence-corrected chi connectivity index (χ1v) is 11.7. The van der Waals surface area contributed by atoms with Gasteiger partial charge in [-0.3, -0.25) is 24.6 Å². The SMILES string of the molecule is COc1ccc2c(c1F)C(=O)N(C[C@@]1(c3cc4nc(N5C(=O)CCC5C)ccc4o3)NC(=O)NC1=O)C2. The summed E-state index contributed by atoms with van der Waals surface area (Å²) in [6.07, 6.45) is 1.16. The Morgan fingerprint density at radius 3 is 2.70 bits per heavy atom. The molecule has 0 saturated carbocycles. The number of hydrogen-bond donors (Lipinski definition) is 2. The minimum atomic E-state index is -1.77. The van der Waals surface area contributed by atoms with Crippen molar-refractivity contribution in [2.24, 2.45) is 0 Å². The first-order valence-electron chi connectivity index (χ1n) is 11.7. The summed E-state index contributed by atoms with van der Waals surface area (Å²) < 4.78 is 25.8. The van der Waals surface area contributed by atoms with E-state index in [1.807, 2.05) is 6.92 Å². The average Bonchev–Trinajstić information content (AvgIpc) is 3.59. The molecule has 1 aromatic carbocycles. The van der Waals surface area contributed by atoms with Crippen LogP contribution in [0.15, 0.2) is 34.7 Å². The van der Waals surface area contributed by atoms with Gasteiger partial charge in [0.2, 0.25) is 5.91 Å². The van der Waals surface area contributed by atoms with Crippen LogP contribution in [0.25, 0.3) is 11.1 Å². The second-order valence-corrected chi connectivity index (χ2v) is 9.41. The molecule has 2 saturated heterocycles. The lowest BCUT2D eigenvalue weighted by atomic mass is 9.95. The molecule has 11 nitrogen and oxygen atoms in total. The zero-order valence-electron chi connectivity index (χ0n) is 20.0. The lowest BCUT2D eigenvalue weighted by molar-refractivity contribution is -0.125. The molecule has 190 valence electrons. The van der Waals surface area contributed by atoms with Crippen molar-refractivity contribution in [2.75, 3.05) is 18.6 Å². The third kappa shape index (κ3) is 3.35. The van der Waals surface area contributed by atoms with Crippen LogP contribution in [0.1, 0.15) is 41.4 Å². The summed E-state index contributed by atoms with van der Waals surface area (Å²) >= 11 is 0. The highest BCUT2D eigenvalue weighted by Crippen LogP contribution is 2.36. The van der Waals surface area contributed by atoms with E-state index in [0.717, 1.165) is 6.42 Å². The molecule has 0 radical (unpaired) electrons. The Hall–Kier alpha value is -4.48. The van der Waals surface area contributed by atoms with Gasteiger partial charge in [-0.2, -0.15) is 0 Å². The number of pyridine rings is 1. The first kappa shape index (κ1) is 23.0. The molecule has 2 fully saturated rings. The van der Waals surface area contributed by atoms with Crippen molar-refractivity contribution in [1.29, 1.82) is 0 Å². The third-order valence-electron chi connectivity index (χ3n) is 7.16. The smallest absolute Gasteiger partial charge is 0.322 e. The number of amides is 5. The summed E-state index contributed by atoms with van der Waals surface area (Å²) in [6.45, 7) is 1.65. The maximum absolute atomic E-state index is 14.9. The largest absolute Gasteiger partial charge is 0.494 e. The van der Waals surface area contributed by atoms with Gasteiger partial charge in [-0.05, 0) is 37.1 Å². The Labute approximate surface area is 209 Å². The van der Waals surface area contributed by atoms with Gasteiger partial charge >= 0.3 is 6.03 Å². The predicted octanol–water partition coefficient (Wildman–Crippen LogP) is 2.18. The fourth-order valence-electron chi connectivity index (χ4n) is 5.26. The van der Waals surface area contributed by atoms with Crippen LogP contribution >= 0.6 is 0 Å². The summed E-state index contributed by atoms with van der Waals surface area (Å²) in [5.41, 5.74) is -0.770. The molecule has 5 heterocycles. The maximum Gasteiger partial charge on any atom is 0.322 e. The van der Waals surface area contributed by atoms with E-state index in [0.29, 0.717) is 28.9 Å². The number of fused-ring (bicyclic) bond motifs is 2. The number of furan rings is 1. The Kier molecular flexibility index (Phi) is 4.97. The minimum Gasteiger partial charge on any atom is -0.494 e. The standard InChI is InChI=1S/C25H22FN5O6/c1-12-3-8-19(32)31(12)18-7-6-15-14(27-18)9-17(37-15)25(23(34)28-24(35)29-25)11-30-10-13-4-5-16(36-2)21(26)20(13)22(30)33/h4-7,9,12H,3,8,10-11H2,1-2H3,(H2,28,29,34,35)/t12?,25-/m0/s1. The van der Waals surface area contributed by atoms with E-state index in [9.17, 15) is 23.6 Å². The van der Waals surface area contributed by atoms with E-state index in [4.69, 9.17) is 9.15 Å². The summed E-state index contributed by atoms with van der Waals surface area (Å²) in [6, 6.07) is 7.06. The predicted molar refractivity (Wildman–Crippen MR) is 126 cm³/mol. The number of benzene rings is 1. The molecule has 6 rings (SSSR count). The summed E-state index contributed by atoms with van der Waals surface area (Å²) in [5.74, 6) is -1.73. The number of aromatic nitrogens is 1. The van der Waals surface area contributed by atoms with Gasteiger partial charge in [0.15, 0.2) is 22.7 Å². The molecule has 2 N–H and O–H groups in total. The summed E-state index contributed by atoms with van der Waals surface area (Å²) in [7, 11) is 1.30. The number of methoxy groups -OCH3 is 1. The molecule has 0 aliphatic carbocycles. The minimum absolute atomic E-state index is 0.00288. The second-order valence-electron chi connectivity index (χ2n) is 9.41. The van der Waals surface area contributed by atoms with Crippen LogP contribution in [0.3, 0.4) is 0 Å². The Morgan fingerprint density at radius 1 is 1.22 bits per heavy atom. The molecular formula is C25H22FN5O6. The van der Waals surface area contributed by atoms with Crippen molar-refractivity contribution >= 4 is 40.7 Å². The van der Waals surface area contributed by atoms with Gasteiger partial charge < -0.3 is 19.4 Å². The maximum atomic E-state index is 14.9. The van der Waals surface area contributed by atoms with Crippen molar-refractivity contribution < 1.29 is 32.7 Å². The molecule has 37 heavy (non-hydrogen) atoms. The number of carbonyl (C=O) groups is 4. The molecule has 5 amide bonds. The molecule has 12 heteroatoms. The average molecular weight is 507 g/mol. The van der Waals surface area contributed by atoms with Crippen molar-refractivity contribution in [3.05, 3.63) is 53.0 Å².